The average Bonchev–Trinajstić information content (AvgIpc) is 2.91. The summed E-state index contributed by atoms with van der Waals surface area (Å²) >= 11 is 0. The van der Waals surface area contributed by atoms with Crippen LogP contribution in [0.4, 0.5) is 20.2 Å². The van der Waals surface area contributed by atoms with Crippen LogP contribution in [0.3, 0.4) is 0 Å². The zero-order chi connectivity index (χ0) is 19.8. The summed E-state index contributed by atoms with van der Waals surface area (Å²) in [5.41, 5.74) is 4.66. The van der Waals surface area contributed by atoms with Crippen LogP contribution in [0.5, 0.6) is 0 Å². The third-order valence-corrected chi connectivity index (χ3v) is 4.79. The normalized spacial score (nSPS) is 16.1. The molecule has 1 amide bonds. The molecule has 1 aliphatic carbocycles. The summed E-state index contributed by atoms with van der Waals surface area (Å²) in [6.07, 6.45) is 2.20. The van der Waals surface area contributed by atoms with E-state index >= 15 is 0 Å². The van der Waals surface area contributed by atoms with E-state index in [-0.39, 0.29) is 17.4 Å². The second-order valence-corrected chi connectivity index (χ2v) is 8.52. The van der Waals surface area contributed by atoms with E-state index in [0.29, 0.717) is 12.1 Å². The van der Waals surface area contributed by atoms with Crippen molar-refractivity contribution in [3.8, 4) is 0 Å². The molecule has 1 atom stereocenters. The van der Waals surface area contributed by atoms with Crippen molar-refractivity contribution in [2.24, 2.45) is 5.41 Å². The van der Waals surface area contributed by atoms with Crippen molar-refractivity contribution < 1.29 is 13.6 Å². The summed E-state index contributed by atoms with van der Waals surface area (Å²) in [4.78, 5) is 12.3. The van der Waals surface area contributed by atoms with Gasteiger partial charge < -0.3 is 10.6 Å². The second-order valence-electron chi connectivity index (χ2n) is 8.52. The van der Waals surface area contributed by atoms with Gasteiger partial charge in [-0.2, -0.15) is 0 Å². The summed E-state index contributed by atoms with van der Waals surface area (Å²) in [5.74, 6) is -1.69. The van der Waals surface area contributed by atoms with E-state index < -0.39 is 11.6 Å². The van der Waals surface area contributed by atoms with Crippen LogP contribution in [0.15, 0.2) is 30.3 Å². The second kappa shape index (κ2) is 7.29. The molecule has 2 aromatic carbocycles. The Kier molecular flexibility index (Phi) is 5.22. The van der Waals surface area contributed by atoms with Crippen LogP contribution in [-0.2, 0) is 11.2 Å². The standard InChI is InChI=1S/C22H26F2N2O/c1-13-9-16-14(10-20(13)26-21(27)12-22(2,3)4)5-8-19(16)25-15-6-7-17(23)18(24)11-15/h6-7,9-11,19,25H,5,8,12H2,1-4H3,(H,26,27). The van der Waals surface area contributed by atoms with Crippen LogP contribution in [0.25, 0.3) is 0 Å². The highest BCUT2D eigenvalue weighted by Gasteiger charge is 2.25. The molecule has 0 fully saturated rings. The van der Waals surface area contributed by atoms with Gasteiger partial charge >= 0.3 is 0 Å². The number of fused-ring (bicyclic) bond motifs is 1. The molecule has 3 rings (SSSR count). The van der Waals surface area contributed by atoms with Gasteiger partial charge in [0.1, 0.15) is 0 Å². The van der Waals surface area contributed by atoms with Gasteiger partial charge in [-0.05, 0) is 60.1 Å². The number of carbonyl (C=O) groups excluding carboxylic acids is 1. The van der Waals surface area contributed by atoms with Gasteiger partial charge in [0.15, 0.2) is 11.6 Å². The molecule has 0 saturated heterocycles. The molecule has 0 aromatic heterocycles. The molecule has 5 heteroatoms. The molecule has 0 heterocycles. The van der Waals surface area contributed by atoms with E-state index in [9.17, 15) is 13.6 Å². The minimum absolute atomic E-state index is 0.0139. The maximum atomic E-state index is 13.4. The Morgan fingerprint density at radius 2 is 1.89 bits per heavy atom. The van der Waals surface area contributed by atoms with Gasteiger partial charge in [-0.1, -0.05) is 26.8 Å². The number of hydrogen-bond donors (Lipinski definition) is 2. The van der Waals surface area contributed by atoms with Crippen molar-refractivity contribution in [3.05, 3.63) is 58.7 Å². The Morgan fingerprint density at radius 3 is 2.56 bits per heavy atom. The molecular formula is C22H26F2N2O. The first kappa shape index (κ1) is 19.3. The molecule has 2 N–H and O–H groups in total. The zero-order valence-corrected chi connectivity index (χ0v) is 16.2. The Labute approximate surface area is 159 Å². The fourth-order valence-corrected chi connectivity index (χ4v) is 3.52. The number of rotatable bonds is 4. The minimum Gasteiger partial charge on any atom is -0.378 e. The third-order valence-electron chi connectivity index (χ3n) is 4.79. The Balaban J connectivity index is 1.76. The number of amides is 1. The maximum absolute atomic E-state index is 13.4. The van der Waals surface area contributed by atoms with E-state index in [4.69, 9.17) is 0 Å². The number of hydrogen-bond acceptors (Lipinski definition) is 2. The van der Waals surface area contributed by atoms with Crippen molar-refractivity contribution in [3.63, 3.8) is 0 Å². The van der Waals surface area contributed by atoms with Crippen molar-refractivity contribution in [1.82, 2.24) is 0 Å². The van der Waals surface area contributed by atoms with Crippen LogP contribution in [0.2, 0.25) is 0 Å². The van der Waals surface area contributed by atoms with Crippen LogP contribution < -0.4 is 10.6 Å². The van der Waals surface area contributed by atoms with E-state index in [1.807, 2.05) is 33.8 Å². The number of aryl methyl sites for hydroxylation is 2. The highest BCUT2D eigenvalue weighted by atomic mass is 19.2. The van der Waals surface area contributed by atoms with Gasteiger partial charge in [0.05, 0.1) is 6.04 Å². The first-order valence-electron chi connectivity index (χ1n) is 9.27. The summed E-state index contributed by atoms with van der Waals surface area (Å²) in [6.45, 7) is 8.09. The molecular weight excluding hydrogens is 346 g/mol. The van der Waals surface area contributed by atoms with Gasteiger partial charge in [-0.15, -0.1) is 0 Å². The van der Waals surface area contributed by atoms with Crippen molar-refractivity contribution in [2.45, 2.75) is 53.0 Å². The predicted molar refractivity (Wildman–Crippen MR) is 105 cm³/mol. The number of halogens is 2. The molecule has 0 aliphatic heterocycles. The fraction of sp³-hybridized carbons (Fsp3) is 0.409. The quantitative estimate of drug-likeness (QED) is 0.718. The number of nitrogens with one attached hydrogen (secondary N) is 2. The van der Waals surface area contributed by atoms with E-state index in [2.05, 4.69) is 16.7 Å². The predicted octanol–water partition coefficient (Wildman–Crippen LogP) is 5.75. The lowest BCUT2D eigenvalue weighted by Gasteiger charge is -2.19. The third kappa shape index (κ3) is 4.65. The Bertz CT molecular complexity index is 871. The van der Waals surface area contributed by atoms with E-state index in [1.165, 1.54) is 11.6 Å². The van der Waals surface area contributed by atoms with Gasteiger partial charge in [-0.25, -0.2) is 8.78 Å². The monoisotopic (exact) mass is 372 g/mol. The number of anilines is 2. The largest absolute Gasteiger partial charge is 0.378 e. The van der Waals surface area contributed by atoms with Gasteiger partial charge in [0.2, 0.25) is 5.91 Å². The summed E-state index contributed by atoms with van der Waals surface area (Å²) in [5, 5.41) is 6.31. The minimum atomic E-state index is -0.855. The lowest BCUT2D eigenvalue weighted by Crippen LogP contribution is -2.20. The van der Waals surface area contributed by atoms with Crippen molar-refractivity contribution in [1.29, 1.82) is 0 Å². The average molecular weight is 372 g/mol. The molecule has 144 valence electrons. The lowest BCUT2D eigenvalue weighted by molar-refractivity contribution is -0.117. The lowest BCUT2D eigenvalue weighted by atomic mass is 9.92. The molecule has 3 nitrogen and oxygen atoms in total. The maximum Gasteiger partial charge on any atom is 0.224 e. The van der Waals surface area contributed by atoms with Gasteiger partial charge in [-0.3, -0.25) is 4.79 Å². The van der Waals surface area contributed by atoms with E-state index in [1.54, 1.807) is 6.07 Å². The van der Waals surface area contributed by atoms with Gasteiger partial charge in [0, 0.05) is 23.9 Å². The molecule has 0 radical (unpaired) electrons. The van der Waals surface area contributed by atoms with Crippen LogP contribution in [0, 0.1) is 24.0 Å². The van der Waals surface area contributed by atoms with Crippen LogP contribution in [0.1, 0.15) is 56.3 Å². The van der Waals surface area contributed by atoms with E-state index in [0.717, 1.165) is 35.7 Å². The molecule has 0 bridgehead atoms. The summed E-state index contributed by atoms with van der Waals surface area (Å²) in [7, 11) is 0. The first-order valence-corrected chi connectivity index (χ1v) is 9.27. The van der Waals surface area contributed by atoms with Crippen LogP contribution >= 0.6 is 0 Å². The fourth-order valence-electron chi connectivity index (χ4n) is 3.52. The molecule has 1 unspecified atom stereocenters. The molecule has 2 aromatic rings. The summed E-state index contributed by atoms with van der Waals surface area (Å²) in [6, 6.07) is 8.02. The molecule has 27 heavy (non-hydrogen) atoms. The first-order chi connectivity index (χ1) is 12.6. The Hall–Kier alpha value is -2.43. The highest BCUT2D eigenvalue weighted by molar-refractivity contribution is 5.92. The Morgan fingerprint density at radius 1 is 1.15 bits per heavy atom. The highest BCUT2D eigenvalue weighted by Crippen LogP contribution is 2.37. The molecule has 0 saturated carbocycles. The van der Waals surface area contributed by atoms with Crippen LogP contribution in [-0.4, -0.2) is 5.91 Å². The van der Waals surface area contributed by atoms with Gasteiger partial charge in [0.25, 0.3) is 0 Å². The van der Waals surface area contributed by atoms with Crippen molar-refractivity contribution in [2.75, 3.05) is 10.6 Å². The zero-order valence-electron chi connectivity index (χ0n) is 16.2. The summed E-state index contributed by atoms with van der Waals surface area (Å²) < 4.78 is 26.6. The number of benzene rings is 2. The SMILES string of the molecule is Cc1cc2c(cc1NC(=O)CC(C)(C)C)CCC2Nc1ccc(F)c(F)c1. The molecule has 0 spiro atoms. The topological polar surface area (TPSA) is 41.1 Å². The van der Waals surface area contributed by atoms with Crippen molar-refractivity contribution >= 4 is 17.3 Å². The smallest absolute Gasteiger partial charge is 0.224 e. The molecule has 1 aliphatic rings. The number of carbonyl (C=O) groups is 1.